The van der Waals surface area contributed by atoms with Gasteiger partial charge in [-0.05, 0) is 12.1 Å². The van der Waals surface area contributed by atoms with E-state index in [1.54, 1.807) is 24.8 Å². The predicted octanol–water partition coefficient (Wildman–Crippen LogP) is 1.83. The van der Waals surface area contributed by atoms with Crippen molar-refractivity contribution in [2.24, 2.45) is 0 Å². The highest BCUT2D eigenvalue weighted by Crippen LogP contribution is 2.12. The number of hydrogen-bond donors (Lipinski definition) is 1. The number of hydrogen-bond acceptors (Lipinski definition) is 4. The van der Waals surface area contributed by atoms with Crippen LogP contribution in [0.3, 0.4) is 0 Å². The second-order valence-corrected chi connectivity index (χ2v) is 3.02. The minimum atomic E-state index is 0.695. The van der Waals surface area contributed by atoms with Crippen LogP contribution in [0.5, 0.6) is 0 Å². The molecule has 0 saturated heterocycles. The van der Waals surface area contributed by atoms with E-state index in [4.69, 9.17) is 0 Å². The Morgan fingerprint density at radius 3 is 2.23 bits per heavy atom. The molecule has 2 rings (SSSR count). The smallest absolute Gasteiger partial charge is 0.159 e. The van der Waals surface area contributed by atoms with Crippen molar-refractivity contribution in [1.29, 1.82) is 0 Å². The quantitative estimate of drug-likeness (QED) is 0.695. The molecule has 0 bridgehead atoms. The summed E-state index contributed by atoms with van der Waals surface area (Å²) >= 11 is 4.11. The van der Waals surface area contributed by atoms with Crippen molar-refractivity contribution in [2.75, 3.05) is 0 Å². The molecule has 0 aliphatic carbocycles. The molecule has 2 heterocycles. The van der Waals surface area contributed by atoms with Gasteiger partial charge in [-0.25, -0.2) is 9.97 Å². The first-order valence-electron chi connectivity index (χ1n) is 3.77. The van der Waals surface area contributed by atoms with Crippen LogP contribution >= 0.6 is 12.6 Å². The minimum Gasteiger partial charge on any atom is -0.265 e. The van der Waals surface area contributed by atoms with Crippen LogP contribution < -0.4 is 0 Å². The van der Waals surface area contributed by atoms with Gasteiger partial charge in [0, 0.05) is 35.2 Å². The lowest BCUT2D eigenvalue weighted by Crippen LogP contribution is -1.87. The van der Waals surface area contributed by atoms with E-state index in [1.807, 2.05) is 12.1 Å². The summed E-state index contributed by atoms with van der Waals surface area (Å²) in [5.41, 5.74) is 0.961. The summed E-state index contributed by atoms with van der Waals surface area (Å²) in [5.74, 6) is 0.695. The highest BCUT2D eigenvalue weighted by atomic mass is 32.1. The third kappa shape index (κ3) is 1.84. The fourth-order valence-electron chi connectivity index (χ4n) is 0.971. The van der Waals surface area contributed by atoms with Crippen LogP contribution in [0.25, 0.3) is 11.4 Å². The van der Waals surface area contributed by atoms with E-state index in [0.29, 0.717) is 5.82 Å². The van der Waals surface area contributed by atoms with Crippen molar-refractivity contribution in [3.63, 3.8) is 0 Å². The number of rotatable bonds is 1. The van der Waals surface area contributed by atoms with Gasteiger partial charge in [0.2, 0.25) is 0 Å². The molecule has 0 radical (unpaired) electrons. The van der Waals surface area contributed by atoms with Gasteiger partial charge in [0.25, 0.3) is 0 Å². The normalized spacial score (nSPS) is 9.92. The molecule has 0 aliphatic heterocycles. The molecule has 0 aromatic carbocycles. The molecule has 0 amide bonds. The Labute approximate surface area is 81.3 Å². The first-order valence-corrected chi connectivity index (χ1v) is 4.22. The van der Waals surface area contributed by atoms with Crippen molar-refractivity contribution in [1.82, 2.24) is 15.0 Å². The van der Waals surface area contributed by atoms with Gasteiger partial charge in [-0.2, -0.15) is 0 Å². The van der Waals surface area contributed by atoms with E-state index >= 15 is 0 Å². The lowest BCUT2D eigenvalue weighted by molar-refractivity contribution is 1.11. The Morgan fingerprint density at radius 2 is 1.62 bits per heavy atom. The molecular formula is C9H7N3S. The van der Waals surface area contributed by atoms with Crippen LogP contribution in [0.15, 0.2) is 41.8 Å². The average molecular weight is 189 g/mol. The van der Waals surface area contributed by atoms with Gasteiger partial charge in [-0.1, -0.05) is 0 Å². The van der Waals surface area contributed by atoms with Crippen molar-refractivity contribution in [2.45, 2.75) is 4.90 Å². The van der Waals surface area contributed by atoms with Gasteiger partial charge >= 0.3 is 0 Å². The first kappa shape index (κ1) is 8.19. The molecule has 0 unspecified atom stereocenters. The molecule has 0 spiro atoms. The number of aromatic nitrogens is 3. The highest BCUT2D eigenvalue weighted by Gasteiger charge is 1.98. The molecule has 0 saturated carbocycles. The van der Waals surface area contributed by atoms with Crippen molar-refractivity contribution in [3.05, 3.63) is 36.9 Å². The third-order valence-electron chi connectivity index (χ3n) is 1.58. The van der Waals surface area contributed by atoms with Gasteiger partial charge in [-0.15, -0.1) is 12.6 Å². The maximum absolute atomic E-state index is 4.13. The topological polar surface area (TPSA) is 38.7 Å². The predicted molar refractivity (Wildman–Crippen MR) is 52.5 cm³/mol. The molecular weight excluding hydrogens is 182 g/mol. The van der Waals surface area contributed by atoms with Crippen LogP contribution in [0.2, 0.25) is 0 Å². The minimum absolute atomic E-state index is 0.695. The Bertz CT molecular complexity index is 385. The number of thiol groups is 1. The van der Waals surface area contributed by atoms with Gasteiger partial charge in [0.1, 0.15) is 0 Å². The molecule has 0 fully saturated rings. The first-order chi connectivity index (χ1) is 6.36. The van der Waals surface area contributed by atoms with Gasteiger partial charge in [-0.3, -0.25) is 4.98 Å². The number of pyridine rings is 1. The monoisotopic (exact) mass is 189 g/mol. The Balaban J connectivity index is 2.42. The van der Waals surface area contributed by atoms with Gasteiger partial charge in [0.05, 0.1) is 0 Å². The Morgan fingerprint density at radius 1 is 1.00 bits per heavy atom. The standard InChI is InChI=1S/C9H7N3S/c13-8-5-11-9(12-6-8)7-1-3-10-4-2-7/h1-6,13H. The van der Waals surface area contributed by atoms with E-state index in [1.165, 1.54) is 0 Å². The van der Waals surface area contributed by atoms with Crippen LogP contribution in [-0.4, -0.2) is 15.0 Å². The Kier molecular flexibility index (Phi) is 2.23. The molecule has 0 N–H and O–H groups in total. The summed E-state index contributed by atoms with van der Waals surface area (Å²) in [7, 11) is 0. The highest BCUT2D eigenvalue weighted by molar-refractivity contribution is 7.80. The van der Waals surface area contributed by atoms with E-state index < -0.39 is 0 Å². The molecule has 3 nitrogen and oxygen atoms in total. The van der Waals surface area contributed by atoms with Crippen molar-refractivity contribution in [3.8, 4) is 11.4 Å². The summed E-state index contributed by atoms with van der Waals surface area (Å²) in [4.78, 5) is 12.9. The number of nitrogens with zero attached hydrogens (tertiary/aromatic N) is 3. The zero-order valence-corrected chi connectivity index (χ0v) is 7.65. The van der Waals surface area contributed by atoms with Crippen molar-refractivity contribution >= 4 is 12.6 Å². The summed E-state index contributed by atoms with van der Waals surface area (Å²) in [6, 6.07) is 3.74. The van der Waals surface area contributed by atoms with Crippen LogP contribution in [-0.2, 0) is 0 Å². The molecule has 2 aromatic rings. The van der Waals surface area contributed by atoms with E-state index in [0.717, 1.165) is 10.5 Å². The second kappa shape index (κ2) is 3.53. The molecule has 4 heteroatoms. The summed E-state index contributed by atoms with van der Waals surface area (Å²) in [6.45, 7) is 0. The van der Waals surface area contributed by atoms with E-state index in [2.05, 4.69) is 27.6 Å². The van der Waals surface area contributed by atoms with Crippen LogP contribution in [0, 0.1) is 0 Å². The summed E-state index contributed by atoms with van der Waals surface area (Å²) in [5, 5.41) is 0. The second-order valence-electron chi connectivity index (χ2n) is 2.50. The van der Waals surface area contributed by atoms with Gasteiger partial charge in [0.15, 0.2) is 5.82 Å². The maximum atomic E-state index is 4.13. The largest absolute Gasteiger partial charge is 0.265 e. The lowest BCUT2D eigenvalue weighted by Gasteiger charge is -1.97. The zero-order valence-electron chi connectivity index (χ0n) is 6.75. The molecule has 0 aliphatic rings. The maximum Gasteiger partial charge on any atom is 0.159 e. The average Bonchev–Trinajstić information content (AvgIpc) is 2.20. The summed E-state index contributed by atoms with van der Waals surface area (Å²) < 4.78 is 0. The molecule has 2 aromatic heterocycles. The van der Waals surface area contributed by atoms with Crippen LogP contribution in [0.4, 0.5) is 0 Å². The van der Waals surface area contributed by atoms with E-state index in [9.17, 15) is 0 Å². The fourth-order valence-corrected chi connectivity index (χ4v) is 1.09. The van der Waals surface area contributed by atoms with Crippen molar-refractivity contribution < 1.29 is 0 Å². The molecule has 64 valence electrons. The van der Waals surface area contributed by atoms with Gasteiger partial charge < -0.3 is 0 Å². The fraction of sp³-hybridized carbons (Fsp3) is 0. The molecule has 13 heavy (non-hydrogen) atoms. The SMILES string of the molecule is Sc1cnc(-c2ccncc2)nc1. The van der Waals surface area contributed by atoms with E-state index in [-0.39, 0.29) is 0 Å². The van der Waals surface area contributed by atoms with Crippen LogP contribution in [0.1, 0.15) is 0 Å². The molecule has 0 atom stereocenters. The lowest BCUT2D eigenvalue weighted by atomic mass is 10.2. The zero-order chi connectivity index (χ0) is 9.10. The third-order valence-corrected chi connectivity index (χ3v) is 1.81. The summed E-state index contributed by atoms with van der Waals surface area (Å²) in [6.07, 6.45) is 6.78. The Hall–Kier alpha value is -1.42.